The number of nitrogens with two attached hydrogens (primary N) is 1. The molecule has 0 aliphatic rings. The molecule has 1 atom stereocenters. The number of carbonyl (C=O) groups is 2. The molecule has 0 aliphatic heterocycles. The molecule has 16 heteroatoms. The van der Waals surface area contributed by atoms with Gasteiger partial charge >= 0.3 is 19.9 Å². The average molecular weight is 536 g/mol. The fraction of sp³-hybridized carbons (Fsp3) is 0.600. The Bertz CT molecular complexity index is 1020. The SMILES string of the molecule is CC(C)OC(=O)OCOP(=O)(COC(CF)Cc1ccc2c(N)ncnn12)OCOC(=O)OC(C)C. The second-order valence-corrected chi connectivity index (χ2v) is 9.77. The van der Waals surface area contributed by atoms with Crippen molar-refractivity contribution in [2.24, 2.45) is 0 Å². The quantitative estimate of drug-likeness (QED) is 0.212. The van der Waals surface area contributed by atoms with Gasteiger partial charge in [0.05, 0.1) is 18.3 Å². The van der Waals surface area contributed by atoms with E-state index in [2.05, 4.69) is 19.6 Å². The minimum absolute atomic E-state index is 0.0234. The Morgan fingerprint density at radius 1 is 1.06 bits per heavy atom. The van der Waals surface area contributed by atoms with Gasteiger partial charge in [-0.15, -0.1) is 0 Å². The van der Waals surface area contributed by atoms with Crippen molar-refractivity contribution in [3.63, 3.8) is 0 Å². The third kappa shape index (κ3) is 9.57. The summed E-state index contributed by atoms with van der Waals surface area (Å²) >= 11 is 0. The van der Waals surface area contributed by atoms with Crippen LogP contribution in [0.3, 0.4) is 0 Å². The van der Waals surface area contributed by atoms with Gasteiger partial charge in [-0.2, -0.15) is 5.10 Å². The van der Waals surface area contributed by atoms with E-state index >= 15 is 0 Å². The maximum Gasteiger partial charge on any atom is 0.510 e. The van der Waals surface area contributed by atoms with Crippen LogP contribution in [0.5, 0.6) is 0 Å². The molecule has 0 bridgehead atoms. The highest BCUT2D eigenvalue weighted by Crippen LogP contribution is 2.48. The first kappa shape index (κ1) is 29.2. The number of nitrogen functional groups attached to an aromatic ring is 1. The molecule has 202 valence electrons. The van der Waals surface area contributed by atoms with E-state index in [1.54, 1.807) is 39.8 Å². The smallest absolute Gasteiger partial charge is 0.432 e. The summed E-state index contributed by atoms with van der Waals surface area (Å²) in [5, 5.41) is 4.08. The Hall–Kier alpha value is -3.00. The van der Waals surface area contributed by atoms with Crippen LogP contribution in [0.4, 0.5) is 19.8 Å². The van der Waals surface area contributed by atoms with Gasteiger partial charge in [0, 0.05) is 12.1 Å². The van der Waals surface area contributed by atoms with E-state index in [1.165, 1.54) is 10.8 Å². The summed E-state index contributed by atoms with van der Waals surface area (Å²) in [6.45, 7) is 3.78. The number of aromatic nitrogens is 3. The van der Waals surface area contributed by atoms with Crippen molar-refractivity contribution in [1.29, 1.82) is 0 Å². The predicted octanol–water partition coefficient (Wildman–Crippen LogP) is 3.43. The summed E-state index contributed by atoms with van der Waals surface area (Å²) < 4.78 is 62.7. The van der Waals surface area contributed by atoms with Crippen molar-refractivity contribution in [1.82, 2.24) is 14.6 Å². The lowest BCUT2D eigenvalue weighted by atomic mass is 10.2. The first-order valence-electron chi connectivity index (χ1n) is 10.8. The number of nitrogens with zero attached hydrogens (tertiary/aromatic N) is 3. The lowest BCUT2D eigenvalue weighted by molar-refractivity contribution is -0.0377. The van der Waals surface area contributed by atoms with E-state index in [0.717, 1.165) is 0 Å². The molecular weight excluding hydrogens is 506 g/mol. The number of hydrogen-bond donors (Lipinski definition) is 1. The first-order chi connectivity index (χ1) is 17.0. The van der Waals surface area contributed by atoms with Crippen LogP contribution in [0.2, 0.25) is 0 Å². The number of rotatable bonds is 14. The van der Waals surface area contributed by atoms with Crippen LogP contribution in [0.1, 0.15) is 33.4 Å². The minimum atomic E-state index is -4.22. The molecule has 0 fully saturated rings. The molecule has 2 aromatic heterocycles. The fourth-order valence-electron chi connectivity index (χ4n) is 2.62. The zero-order valence-electron chi connectivity index (χ0n) is 20.3. The van der Waals surface area contributed by atoms with Gasteiger partial charge in [0.1, 0.15) is 24.9 Å². The van der Waals surface area contributed by atoms with Gasteiger partial charge in [-0.3, -0.25) is 13.6 Å². The monoisotopic (exact) mass is 536 g/mol. The van der Waals surface area contributed by atoms with E-state index < -0.39 is 64.8 Å². The molecule has 0 saturated carbocycles. The topological polar surface area (TPSA) is 172 Å². The lowest BCUT2D eigenvalue weighted by Gasteiger charge is -2.21. The molecule has 0 aliphatic carbocycles. The lowest BCUT2D eigenvalue weighted by Crippen LogP contribution is -2.22. The summed E-state index contributed by atoms with van der Waals surface area (Å²) in [7, 11) is -4.22. The molecule has 0 aromatic carbocycles. The van der Waals surface area contributed by atoms with E-state index in [0.29, 0.717) is 11.2 Å². The summed E-state index contributed by atoms with van der Waals surface area (Å²) in [5.41, 5.74) is 6.88. The van der Waals surface area contributed by atoms with Gasteiger partial charge in [0.15, 0.2) is 5.82 Å². The van der Waals surface area contributed by atoms with E-state index in [9.17, 15) is 18.5 Å². The molecule has 0 radical (unpaired) electrons. The molecular formula is C20H30FN4O10P. The summed E-state index contributed by atoms with van der Waals surface area (Å²) in [6.07, 6.45) is -3.63. The second-order valence-electron chi connectivity index (χ2n) is 7.77. The van der Waals surface area contributed by atoms with Gasteiger partial charge in [-0.1, -0.05) is 0 Å². The summed E-state index contributed by atoms with van der Waals surface area (Å²) in [5.74, 6) is 0.243. The highest BCUT2D eigenvalue weighted by molar-refractivity contribution is 7.53. The number of carbonyl (C=O) groups excluding carboxylic acids is 2. The molecule has 2 heterocycles. The van der Waals surface area contributed by atoms with Crippen molar-refractivity contribution in [2.45, 2.75) is 52.4 Å². The molecule has 0 amide bonds. The molecule has 1 unspecified atom stereocenters. The van der Waals surface area contributed by atoms with Crippen LogP contribution in [0.15, 0.2) is 18.5 Å². The Balaban J connectivity index is 2.01. The Kier molecular flexibility index (Phi) is 11.3. The molecule has 0 saturated heterocycles. The molecule has 0 spiro atoms. The zero-order chi connectivity index (χ0) is 26.7. The minimum Gasteiger partial charge on any atom is -0.432 e. The van der Waals surface area contributed by atoms with Gasteiger partial charge in [0.2, 0.25) is 13.6 Å². The summed E-state index contributed by atoms with van der Waals surface area (Å²) in [6, 6.07) is 3.33. The number of ether oxygens (including phenoxy) is 5. The standard InChI is InChI=1S/C20H30FN4O10P/c1-13(2)34-19(26)29-10-32-36(28,33-11-30-20(27)35-14(3)4)12-31-16(8-21)7-15-5-6-17-18(22)23-9-24-25(15)17/h5-6,9,13-14,16H,7-8,10-12H2,1-4H3,(H2,22,23,24). The van der Waals surface area contributed by atoms with Crippen molar-refractivity contribution in [3.8, 4) is 0 Å². The Labute approximate surface area is 206 Å². The number of halogens is 1. The third-order valence-corrected chi connectivity index (χ3v) is 5.62. The van der Waals surface area contributed by atoms with Crippen molar-refractivity contribution >= 4 is 31.2 Å². The van der Waals surface area contributed by atoms with Crippen LogP contribution < -0.4 is 5.73 Å². The van der Waals surface area contributed by atoms with Gasteiger partial charge < -0.3 is 29.4 Å². The average Bonchev–Trinajstić information content (AvgIpc) is 3.19. The largest absolute Gasteiger partial charge is 0.510 e. The van der Waals surface area contributed by atoms with Gasteiger partial charge in [-0.25, -0.2) is 23.5 Å². The van der Waals surface area contributed by atoms with Crippen LogP contribution in [-0.2, 0) is 43.7 Å². The maximum absolute atomic E-state index is 13.7. The Morgan fingerprint density at radius 3 is 2.17 bits per heavy atom. The van der Waals surface area contributed by atoms with Crippen LogP contribution in [0, 0.1) is 0 Å². The van der Waals surface area contributed by atoms with Crippen molar-refractivity contribution < 1.29 is 51.3 Å². The highest BCUT2D eigenvalue weighted by Gasteiger charge is 2.29. The van der Waals surface area contributed by atoms with E-state index in [-0.39, 0.29) is 12.2 Å². The van der Waals surface area contributed by atoms with Gasteiger partial charge in [-0.05, 0) is 39.8 Å². The fourth-order valence-corrected chi connectivity index (χ4v) is 3.67. The van der Waals surface area contributed by atoms with Crippen molar-refractivity contribution in [3.05, 3.63) is 24.2 Å². The number of alkyl halides is 1. The maximum atomic E-state index is 13.7. The molecule has 36 heavy (non-hydrogen) atoms. The zero-order valence-corrected chi connectivity index (χ0v) is 21.2. The van der Waals surface area contributed by atoms with E-state index in [4.69, 9.17) is 29.0 Å². The third-order valence-electron chi connectivity index (χ3n) is 4.15. The number of hydrogen-bond acceptors (Lipinski definition) is 13. The highest BCUT2D eigenvalue weighted by atomic mass is 31.2. The second kappa shape index (κ2) is 13.9. The Morgan fingerprint density at radius 2 is 1.64 bits per heavy atom. The number of fused-ring (bicyclic) bond motifs is 1. The molecule has 2 N–H and O–H groups in total. The molecule has 14 nitrogen and oxygen atoms in total. The summed E-state index contributed by atoms with van der Waals surface area (Å²) in [4.78, 5) is 26.9. The van der Waals surface area contributed by atoms with E-state index in [1.807, 2.05) is 0 Å². The van der Waals surface area contributed by atoms with Crippen molar-refractivity contribution in [2.75, 3.05) is 32.3 Å². The first-order valence-corrected chi connectivity index (χ1v) is 12.6. The predicted molar refractivity (Wildman–Crippen MR) is 122 cm³/mol. The van der Waals surface area contributed by atoms with Crippen LogP contribution >= 0.6 is 7.60 Å². The van der Waals surface area contributed by atoms with Crippen LogP contribution in [-0.4, -0.2) is 71.8 Å². The molecule has 2 rings (SSSR count). The van der Waals surface area contributed by atoms with Crippen LogP contribution in [0.25, 0.3) is 5.52 Å². The van der Waals surface area contributed by atoms with Gasteiger partial charge in [0.25, 0.3) is 0 Å². The normalized spacial score (nSPS) is 12.6. The number of anilines is 1. The molecule has 2 aromatic rings.